The minimum atomic E-state index is -0.301. The van der Waals surface area contributed by atoms with Gasteiger partial charge in [0.2, 0.25) is 0 Å². The quantitative estimate of drug-likeness (QED) is 0.895. The Balaban J connectivity index is 1.85. The maximum Gasteiger partial charge on any atom is 0.145 e. The minimum Gasteiger partial charge on any atom is -0.393 e. The molecule has 2 aliphatic heterocycles. The van der Waals surface area contributed by atoms with E-state index in [4.69, 9.17) is 10.00 Å². The van der Waals surface area contributed by atoms with Gasteiger partial charge in [-0.3, -0.25) is 0 Å². The second-order valence-electron chi connectivity index (χ2n) is 5.94. The molecule has 0 amide bonds. The van der Waals surface area contributed by atoms with Gasteiger partial charge < -0.3 is 14.7 Å². The third-order valence-electron chi connectivity index (χ3n) is 4.64. The van der Waals surface area contributed by atoms with Crippen LogP contribution in [0.4, 0.5) is 5.82 Å². The molecular weight excluding hydrogens is 266 g/mol. The van der Waals surface area contributed by atoms with Gasteiger partial charge in [-0.15, -0.1) is 0 Å². The lowest BCUT2D eigenvalue weighted by atomic mass is 9.89. The average molecular weight is 287 g/mol. The molecule has 1 aromatic rings. The molecule has 2 aliphatic rings. The highest BCUT2D eigenvalue weighted by molar-refractivity contribution is 5.46. The van der Waals surface area contributed by atoms with Gasteiger partial charge in [-0.1, -0.05) is 6.07 Å². The van der Waals surface area contributed by atoms with E-state index in [0.29, 0.717) is 25.3 Å². The molecule has 3 heterocycles. The summed E-state index contributed by atoms with van der Waals surface area (Å²) < 4.78 is 5.55. The van der Waals surface area contributed by atoms with Gasteiger partial charge in [0.1, 0.15) is 17.6 Å². The van der Waals surface area contributed by atoms with Gasteiger partial charge in [0.15, 0.2) is 0 Å². The Bertz CT molecular complexity index is 555. The maximum atomic E-state index is 10.3. The van der Waals surface area contributed by atoms with Crippen molar-refractivity contribution in [2.45, 2.75) is 38.3 Å². The van der Waals surface area contributed by atoms with Crippen molar-refractivity contribution in [1.82, 2.24) is 4.98 Å². The highest BCUT2D eigenvalue weighted by Gasteiger charge is 2.38. The van der Waals surface area contributed by atoms with E-state index >= 15 is 0 Å². The summed E-state index contributed by atoms with van der Waals surface area (Å²) in [4.78, 5) is 6.72. The number of aliphatic hydroxyl groups excluding tert-OH is 1. The van der Waals surface area contributed by atoms with Crippen LogP contribution in [0.2, 0.25) is 0 Å². The van der Waals surface area contributed by atoms with Crippen molar-refractivity contribution in [1.29, 1.82) is 5.26 Å². The Kier molecular flexibility index (Phi) is 4.09. The topological polar surface area (TPSA) is 69.4 Å². The summed E-state index contributed by atoms with van der Waals surface area (Å²) in [5, 5.41) is 19.4. The first kappa shape index (κ1) is 14.3. The second kappa shape index (κ2) is 6.00. The Hall–Kier alpha value is -1.64. The number of hydrogen-bond donors (Lipinski definition) is 1. The van der Waals surface area contributed by atoms with Crippen LogP contribution in [0, 0.1) is 24.2 Å². The van der Waals surface area contributed by atoms with Crippen LogP contribution in [0.3, 0.4) is 0 Å². The van der Waals surface area contributed by atoms with Crippen LogP contribution >= 0.6 is 0 Å². The number of aromatic nitrogens is 1. The summed E-state index contributed by atoms with van der Waals surface area (Å²) in [6.45, 7) is 4.08. The predicted molar refractivity (Wildman–Crippen MR) is 79.0 cm³/mol. The van der Waals surface area contributed by atoms with Crippen LogP contribution < -0.4 is 4.90 Å². The molecule has 3 rings (SSSR count). The molecule has 5 heteroatoms. The van der Waals surface area contributed by atoms with Crippen molar-refractivity contribution < 1.29 is 9.84 Å². The first-order valence-electron chi connectivity index (χ1n) is 7.61. The number of aliphatic hydroxyl groups is 1. The van der Waals surface area contributed by atoms with Gasteiger partial charge >= 0.3 is 0 Å². The molecule has 2 fully saturated rings. The van der Waals surface area contributed by atoms with E-state index in [1.54, 1.807) is 0 Å². The van der Waals surface area contributed by atoms with Gasteiger partial charge in [0.05, 0.1) is 12.7 Å². The lowest BCUT2D eigenvalue weighted by molar-refractivity contribution is -0.0438. The minimum absolute atomic E-state index is 0.134. The molecule has 0 aromatic carbocycles. The molecule has 3 atom stereocenters. The van der Waals surface area contributed by atoms with Crippen LogP contribution in [-0.2, 0) is 4.74 Å². The Morgan fingerprint density at radius 3 is 3.05 bits per heavy atom. The maximum absolute atomic E-state index is 10.3. The summed E-state index contributed by atoms with van der Waals surface area (Å²) in [5.74, 6) is 0.979. The van der Waals surface area contributed by atoms with Gasteiger partial charge in [0.25, 0.3) is 0 Å². The molecule has 112 valence electrons. The number of nitriles is 1. The fraction of sp³-hybridized carbons (Fsp3) is 0.625. The van der Waals surface area contributed by atoms with Crippen molar-refractivity contribution in [3.63, 3.8) is 0 Å². The number of hydrogen-bond acceptors (Lipinski definition) is 5. The van der Waals surface area contributed by atoms with Crippen LogP contribution in [0.15, 0.2) is 12.1 Å². The van der Waals surface area contributed by atoms with Crippen molar-refractivity contribution in [2.24, 2.45) is 5.92 Å². The fourth-order valence-electron chi connectivity index (χ4n) is 3.43. The normalized spacial score (nSPS) is 29.4. The van der Waals surface area contributed by atoms with Gasteiger partial charge in [-0.05, 0) is 37.8 Å². The molecule has 0 unspecified atom stereocenters. The fourth-order valence-corrected chi connectivity index (χ4v) is 3.43. The van der Waals surface area contributed by atoms with Crippen LogP contribution in [0.25, 0.3) is 0 Å². The molecule has 0 saturated carbocycles. The molecular formula is C16H21N3O2. The molecule has 21 heavy (non-hydrogen) atoms. The zero-order chi connectivity index (χ0) is 14.8. The zero-order valence-electron chi connectivity index (χ0n) is 12.3. The highest BCUT2D eigenvalue weighted by Crippen LogP contribution is 2.33. The molecule has 0 bridgehead atoms. The smallest absolute Gasteiger partial charge is 0.145 e. The lowest BCUT2D eigenvalue weighted by Crippen LogP contribution is -2.46. The number of aryl methyl sites for hydroxylation is 1. The molecule has 5 nitrogen and oxygen atoms in total. The molecule has 0 radical (unpaired) electrons. The average Bonchev–Trinajstić information content (AvgIpc) is 2.97. The standard InChI is InChI=1S/C16H21N3O2/c1-11-4-5-16(18-13(11)9-17)19-7-2-3-14(19)12-10-21-8-6-15(12)20/h4-5,12,14-15,20H,2-3,6-8,10H2,1H3/t12-,14-,15-/m1/s1. The SMILES string of the molecule is Cc1ccc(N2CCC[C@@H]2[C@H]2COCC[C@H]2O)nc1C#N. The molecule has 0 spiro atoms. The van der Waals surface area contributed by atoms with Crippen molar-refractivity contribution in [3.8, 4) is 6.07 Å². The zero-order valence-corrected chi connectivity index (χ0v) is 12.3. The Morgan fingerprint density at radius 1 is 1.43 bits per heavy atom. The number of anilines is 1. The first-order chi connectivity index (χ1) is 10.2. The first-order valence-corrected chi connectivity index (χ1v) is 7.61. The van der Waals surface area contributed by atoms with E-state index in [9.17, 15) is 5.11 Å². The van der Waals surface area contributed by atoms with Crippen molar-refractivity contribution in [3.05, 3.63) is 23.4 Å². The van der Waals surface area contributed by atoms with Crippen molar-refractivity contribution in [2.75, 3.05) is 24.7 Å². The lowest BCUT2D eigenvalue weighted by Gasteiger charge is -2.37. The number of pyridine rings is 1. The van der Waals surface area contributed by atoms with E-state index in [2.05, 4.69) is 16.0 Å². The van der Waals surface area contributed by atoms with Crippen LogP contribution in [0.5, 0.6) is 0 Å². The molecule has 2 saturated heterocycles. The second-order valence-corrected chi connectivity index (χ2v) is 5.94. The van der Waals surface area contributed by atoms with Gasteiger partial charge in [-0.25, -0.2) is 4.98 Å². The number of ether oxygens (including phenoxy) is 1. The van der Waals surface area contributed by atoms with Crippen molar-refractivity contribution >= 4 is 5.82 Å². The summed E-state index contributed by atoms with van der Waals surface area (Å²) in [6, 6.07) is 6.33. The van der Waals surface area contributed by atoms with Crippen LogP contribution in [-0.4, -0.2) is 42.0 Å². The van der Waals surface area contributed by atoms with E-state index in [1.165, 1.54) is 0 Å². The summed E-state index contributed by atoms with van der Waals surface area (Å²) >= 11 is 0. The van der Waals surface area contributed by atoms with Gasteiger partial charge in [0, 0.05) is 25.1 Å². The Morgan fingerprint density at radius 2 is 2.29 bits per heavy atom. The number of rotatable bonds is 2. The van der Waals surface area contributed by atoms with Gasteiger partial charge in [-0.2, -0.15) is 5.26 Å². The van der Waals surface area contributed by atoms with E-state index in [-0.39, 0.29) is 18.1 Å². The predicted octanol–water partition coefficient (Wildman–Crippen LogP) is 1.63. The van der Waals surface area contributed by atoms with E-state index < -0.39 is 0 Å². The monoisotopic (exact) mass is 287 g/mol. The summed E-state index contributed by atoms with van der Waals surface area (Å²) in [7, 11) is 0. The summed E-state index contributed by atoms with van der Waals surface area (Å²) in [5.41, 5.74) is 1.39. The van der Waals surface area contributed by atoms with E-state index in [0.717, 1.165) is 30.8 Å². The highest BCUT2D eigenvalue weighted by atomic mass is 16.5. The third-order valence-corrected chi connectivity index (χ3v) is 4.64. The molecule has 1 N–H and O–H groups in total. The third kappa shape index (κ3) is 2.74. The van der Waals surface area contributed by atoms with E-state index in [1.807, 2.05) is 19.1 Å². The largest absolute Gasteiger partial charge is 0.393 e. The number of nitrogens with zero attached hydrogens (tertiary/aromatic N) is 3. The molecule has 1 aromatic heterocycles. The Labute approximate surface area is 125 Å². The molecule has 0 aliphatic carbocycles. The summed E-state index contributed by atoms with van der Waals surface area (Å²) in [6.07, 6.45) is 2.54. The van der Waals surface area contributed by atoms with Crippen LogP contribution in [0.1, 0.15) is 30.5 Å².